The number of benzene rings is 1. The van der Waals surface area contributed by atoms with Crippen molar-refractivity contribution in [3.8, 4) is 0 Å². The monoisotopic (exact) mass is 727 g/mol. The van der Waals surface area contributed by atoms with E-state index in [0.29, 0.717) is 0 Å². The number of hydrogen-bond donors (Lipinski definition) is 0. The Balaban J connectivity index is 0.0000240. The van der Waals surface area contributed by atoms with Crippen LogP contribution in [0.5, 0.6) is 0 Å². The molecule has 1 aromatic rings. The molecule has 0 atom stereocenters. The summed E-state index contributed by atoms with van der Waals surface area (Å²) >= 11 is 0. The Bertz CT molecular complexity index is 901. The molecule has 0 unspecified atom stereocenters. The Kier molecular flexibility index (Phi) is 38.9. The maximum atomic E-state index is 11.0. The van der Waals surface area contributed by atoms with E-state index in [9.17, 15) is 13.0 Å². The maximum Gasteiger partial charge on any atom is 1.00 e. The van der Waals surface area contributed by atoms with Gasteiger partial charge in [-0.05, 0) is 30.5 Å². The van der Waals surface area contributed by atoms with Gasteiger partial charge in [0.2, 0.25) is 0 Å². The summed E-state index contributed by atoms with van der Waals surface area (Å²) in [6.07, 6.45) is 53.9. The Morgan fingerprint density at radius 3 is 0.760 bits per heavy atom. The molecule has 3 nitrogen and oxygen atoms in total. The van der Waals surface area contributed by atoms with Gasteiger partial charge in [-0.2, -0.15) is 0 Å². The Morgan fingerprint density at radius 2 is 0.560 bits per heavy atom. The average Bonchev–Trinajstić information content (AvgIpc) is 3.09. The van der Waals surface area contributed by atoms with Crippen molar-refractivity contribution in [1.29, 1.82) is 0 Å². The van der Waals surface area contributed by atoms with Crippen molar-refractivity contribution in [3.05, 3.63) is 29.8 Å². The molecule has 5 heteroatoms. The molecule has 0 saturated heterocycles. The topological polar surface area (TPSA) is 57.2 Å². The third kappa shape index (κ3) is 35.2. The van der Waals surface area contributed by atoms with E-state index in [1.54, 1.807) is 12.1 Å². The Morgan fingerprint density at radius 1 is 0.360 bits per heavy atom. The van der Waals surface area contributed by atoms with E-state index >= 15 is 0 Å². The first kappa shape index (κ1) is 50.1. The van der Waals surface area contributed by atoms with Gasteiger partial charge in [0.15, 0.2) is 0 Å². The van der Waals surface area contributed by atoms with E-state index in [1.165, 1.54) is 243 Å². The maximum absolute atomic E-state index is 11.0. The molecule has 0 aliphatic heterocycles. The molecule has 0 aliphatic carbocycles. The van der Waals surface area contributed by atoms with Crippen molar-refractivity contribution in [1.82, 2.24) is 0 Å². The Labute approximate surface area is 336 Å². The summed E-state index contributed by atoms with van der Waals surface area (Å²) in [5.41, 5.74) is 1.11. The molecule has 0 fully saturated rings. The zero-order valence-electron chi connectivity index (χ0n) is 33.8. The van der Waals surface area contributed by atoms with Gasteiger partial charge in [-0.3, -0.25) is 0 Å². The third-order valence-corrected chi connectivity index (χ3v) is 11.6. The second-order valence-corrected chi connectivity index (χ2v) is 17.0. The molecule has 0 radical (unpaired) electrons. The number of hydrogen-bond acceptors (Lipinski definition) is 3. The molecule has 0 N–H and O–H groups in total. The minimum atomic E-state index is -4.33. The van der Waals surface area contributed by atoms with Gasteiger partial charge in [0.05, 0.1) is 4.90 Å². The number of rotatable bonds is 39. The molecule has 50 heavy (non-hydrogen) atoms. The number of aryl methyl sites for hydroxylation is 1. The molecular weight excluding hydrogens is 644 g/mol. The molecule has 0 spiro atoms. The summed E-state index contributed by atoms with van der Waals surface area (Å²) in [6.45, 7) is 2.30. The zero-order chi connectivity index (χ0) is 35.4. The van der Waals surface area contributed by atoms with Crippen LogP contribution < -0.4 is 29.6 Å². The van der Waals surface area contributed by atoms with Crippen LogP contribution >= 0.6 is 0 Å². The van der Waals surface area contributed by atoms with Crippen molar-refractivity contribution >= 4 is 10.1 Å². The molecule has 0 heterocycles. The van der Waals surface area contributed by atoms with Gasteiger partial charge >= 0.3 is 29.6 Å². The summed E-state index contributed by atoms with van der Waals surface area (Å²) in [5, 5.41) is 0. The van der Waals surface area contributed by atoms with Gasteiger partial charge in [0, 0.05) is 0 Å². The minimum absolute atomic E-state index is 0. The van der Waals surface area contributed by atoms with Crippen LogP contribution in [0.3, 0.4) is 0 Å². The molecule has 0 aromatic heterocycles. The molecule has 1 aromatic carbocycles. The molecule has 1 rings (SSSR count). The van der Waals surface area contributed by atoms with Crippen LogP contribution in [-0.2, 0) is 16.5 Å². The molecule has 0 bridgehead atoms. The summed E-state index contributed by atoms with van der Waals surface area (Å²) in [6, 6.07) is 6.41. The van der Waals surface area contributed by atoms with Crippen LogP contribution in [-0.4, -0.2) is 13.0 Å². The third-order valence-electron chi connectivity index (χ3n) is 10.8. The van der Waals surface area contributed by atoms with Gasteiger partial charge in [0.25, 0.3) is 0 Å². The summed E-state index contributed by atoms with van der Waals surface area (Å²) in [7, 11) is -4.33. The van der Waals surface area contributed by atoms with E-state index in [1.807, 2.05) is 0 Å². The average molecular weight is 727 g/mol. The van der Waals surface area contributed by atoms with Gasteiger partial charge in [-0.1, -0.05) is 250 Å². The van der Waals surface area contributed by atoms with Crippen LogP contribution in [0.15, 0.2) is 29.2 Å². The second-order valence-electron chi connectivity index (χ2n) is 15.6. The number of unbranched alkanes of at least 4 members (excludes halogenated alkanes) is 36. The van der Waals surface area contributed by atoms with Crippen molar-refractivity contribution < 1.29 is 42.5 Å². The normalized spacial score (nSPS) is 11.6. The fourth-order valence-electron chi connectivity index (χ4n) is 7.41. The first-order valence-electron chi connectivity index (χ1n) is 22.1. The molecule has 0 saturated carbocycles. The molecule has 0 aliphatic rings. The van der Waals surface area contributed by atoms with E-state index < -0.39 is 10.1 Å². The van der Waals surface area contributed by atoms with E-state index in [4.69, 9.17) is 0 Å². The van der Waals surface area contributed by atoms with Crippen molar-refractivity contribution in [3.63, 3.8) is 0 Å². The summed E-state index contributed by atoms with van der Waals surface area (Å²) in [4.78, 5) is -0.132. The predicted molar refractivity (Wildman–Crippen MR) is 215 cm³/mol. The first-order valence-corrected chi connectivity index (χ1v) is 23.5. The van der Waals surface area contributed by atoms with Crippen molar-refractivity contribution in [2.75, 3.05) is 0 Å². The molecular formula is C45H83NaO3S. The summed E-state index contributed by atoms with van der Waals surface area (Å²) in [5.74, 6) is 0. The standard InChI is InChI=1S/C45H84O3S.Na/c1-2-3-4-5-6-7-8-9-10-11-12-13-14-15-16-17-18-19-20-21-22-23-24-25-26-27-28-29-30-31-32-33-34-35-36-37-38-39-44-40-42-45(43-41-44)49(46,47)48;/h40-43H,2-39H2,1H3,(H,46,47,48);/q;+1/p-1. The minimum Gasteiger partial charge on any atom is -0.744 e. The Hall–Kier alpha value is 0.130. The van der Waals surface area contributed by atoms with Crippen LogP contribution in [0.4, 0.5) is 0 Å². The zero-order valence-corrected chi connectivity index (χ0v) is 36.6. The second kappa shape index (κ2) is 38.8. The predicted octanol–water partition coefficient (Wildman–Crippen LogP) is 12.6. The van der Waals surface area contributed by atoms with Crippen molar-refractivity contribution in [2.24, 2.45) is 0 Å². The van der Waals surface area contributed by atoms with Gasteiger partial charge in [0.1, 0.15) is 10.1 Å². The summed E-state index contributed by atoms with van der Waals surface area (Å²) < 4.78 is 33.0. The fourth-order valence-corrected chi connectivity index (χ4v) is 7.88. The van der Waals surface area contributed by atoms with Crippen molar-refractivity contribution in [2.45, 2.75) is 256 Å². The van der Waals surface area contributed by atoms with E-state index in [2.05, 4.69) is 6.92 Å². The van der Waals surface area contributed by atoms with E-state index in [0.717, 1.165) is 18.4 Å². The van der Waals surface area contributed by atoms with Gasteiger partial charge in [-0.25, -0.2) is 8.42 Å². The fraction of sp³-hybridized carbons (Fsp3) is 0.867. The quantitative estimate of drug-likeness (QED) is 0.0385. The molecule has 0 amide bonds. The van der Waals surface area contributed by atoms with Gasteiger partial charge < -0.3 is 4.55 Å². The SMILES string of the molecule is CCCCCCCCCCCCCCCCCCCCCCCCCCCCCCCCCCCCCCCc1ccc(S(=O)(=O)[O-])cc1.[Na+]. The largest absolute Gasteiger partial charge is 1.00 e. The van der Waals surface area contributed by atoms with Gasteiger partial charge in [-0.15, -0.1) is 0 Å². The van der Waals surface area contributed by atoms with Crippen LogP contribution in [0.25, 0.3) is 0 Å². The van der Waals surface area contributed by atoms with Crippen LogP contribution in [0, 0.1) is 0 Å². The van der Waals surface area contributed by atoms with Crippen LogP contribution in [0.2, 0.25) is 0 Å². The van der Waals surface area contributed by atoms with E-state index in [-0.39, 0.29) is 34.5 Å². The first-order chi connectivity index (χ1) is 24.0. The smallest absolute Gasteiger partial charge is 0.744 e. The van der Waals surface area contributed by atoms with Crippen LogP contribution in [0.1, 0.15) is 250 Å². The molecule has 288 valence electrons.